The first kappa shape index (κ1) is 33.0. The average Bonchev–Trinajstić information content (AvgIpc) is 2.49. The Kier molecular flexibility index (Phi) is 29.0. The number of hydrogen-bond donors (Lipinski definition) is 0. The van der Waals surface area contributed by atoms with Gasteiger partial charge in [0.1, 0.15) is 7.82 Å². The third-order valence-corrected chi connectivity index (χ3v) is 4.01. The van der Waals surface area contributed by atoms with Gasteiger partial charge in [0.2, 0.25) is 0 Å². The topological polar surface area (TPSA) is 90.9 Å². The number of phosphoric acid groups is 1. The molecule has 0 rings (SSSR count). The predicted molar refractivity (Wildman–Crippen MR) is 86.2 cm³/mol. The van der Waals surface area contributed by atoms with Crippen LogP contribution in [0.5, 0.6) is 0 Å². The summed E-state index contributed by atoms with van der Waals surface area (Å²) in [6, 6.07) is 0. The van der Waals surface area contributed by atoms with Gasteiger partial charge in [-0.1, -0.05) is 65.2 Å². The first-order valence-electron chi connectivity index (χ1n) is 8.91. The summed E-state index contributed by atoms with van der Waals surface area (Å²) < 4.78 is 19.9. The maximum absolute atomic E-state index is 10.5. The molecule has 6 nitrogen and oxygen atoms in total. The van der Waals surface area contributed by atoms with Crippen molar-refractivity contribution in [3.05, 3.63) is 0 Å². The Hall–Kier alpha value is 3.30. The first-order valence-corrected chi connectivity index (χ1v) is 10.4. The summed E-state index contributed by atoms with van der Waals surface area (Å²) >= 11 is 0. The zero-order valence-electron chi connectivity index (χ0n) is 16.8. The smallest absolute Gasteiger partial charge is 0.788 e. The molecule has 2 unspecified atom stereocenters. The van der Waals surface area contributed by atoms with E-state index < -0.39 is 14.1 Å². The summed E-state index contributed by atoms with van der Waals surface area (Å²) in [4.78, 5) is 25.6. The van der Waals surface area contributed by atoms with E-state index in [1.807, 2.05) is 13.8 Å². The van der Waals surface area contributed by atoms with Crippen molar-refractivity contribution >= 4 is 7.82 Å². The Morgan fingerprint density at radius 3 is 1.80 bits per heavy atom. The zero-order valence-corrected chi connectivity index (χ0v) is 24.0. The molecule has 2 atom stereocenters. The maximum Gasteiger partial charge on any atom is 1.00 e. The fourth-order valence-electron chi connectivity index (χ4n) is 2.22. The van der Waals surface area contributed by atoms with Gasteiger partial charge in [0.05, 0.1) is 6.10 Å². The van der Waals surface area contributed by atoms with E-state index in [1.54, 1.807) is 0 Å². The second-order valence-electron chi connectivity index (χ2n) is 6.02. The van der Waals surface area contributed by atoms with E-state index >= 15 is 0 Å². The molecule has 0 heterocycles. The summed E-state index contributed by atoms with van der Waals surface area (Å²) in [5.41, 5.74) is 0. The molecular formula is C16H33K2O6P. The van der Waals surface area contributed by atoms with E-state index in [-0.39, 0.29) is 109 Å². The van der Waals surface area contributed by atoms with Crippen molar-refractivity contribution in [1.82, 2.24) is 0 Å². The molecule has 0 aliphatic rings. The minimum Gasteiger partial charge on any atom is -0.788 e. The van der Waals surface area contributed by atoms with E-state index in [0.717, 1.165) is 25.7 Å². The minimum atomic E-state index is -5.14. The van der Waals surface area contributed by atoms with Gasteiger partial charge in [-0.2, -0.15) is 0 Å². The molecule has 0 saturated heterocycles. The van der Waals surface area contributed by atoms with Gasteiger partial charge in [0.25, 0.3) is 0 Å². The van der Waals surface area contributed by atoms with Crippen molar-refractivity contribution in [2.45, 2.75) is 104 Å². The monoisotopic (exact) mass is 430 g/mol. The minimum absolute atomic E-state index is 0. The fourth-order valence-corrected chi connectivity index (χ4v) is 2.42. The number of hydrogen-bond acceptors (Lipinski definition) is 6. The molecule has 0 radical (unpaired) electrons. The van der Waals surface area contributed by atoms with Crippen molar-refractivity contribution < 1.29 is 131 Å². The predicted octanol–water partition coefficient (Wildman–Crippen LogP) is -2.17. The van der Waals surface area contributed by atoms with Crippen LogP contribution < -0.4 is 113 Å². The summed E-state index contributed by atoms with van der Waals surface area (Å²) in [7, 11) is -5.14. The molecule has 140 valence electrons. The largest absolute Gasteiger partial charge is 1.00 e. The van der Waals surface area contributed by atoms with Crippen LogP contribution in [0.3, 0.4) is 0 Å². The normalized spacial score (nSPS) is 13.6. The van der Waals surface area contributed by atoms with Crippen LogP contribution in [-0.4, -0.2) is 12.4 Å². The molecule has 0 saturated carbocycles. The zero-order chi connectivity index (χ0) is 17.6. The standard InChI is InChI=1S/C16H35O6P.2K/c1-4-6-7-8-9-10-11-12-13-14-16(20-15(3)5-2)21-22-23(17,18)19;;/h15-16H,4-14H2,1-3H3,(H2,17,18,19);;/q;2*+1/p-2. The van der Waals surface area contributed by atoms with Gasteiger partial charge in [0, 0.05) is 6.42 Å². The SMILES string of the molecule is CCCCCCCCCCCC(OOP(=O)([O-])[O-])OC(C)CC.[K+].[K+]. The van der Waals surface area contributed by atoms with E-state index in [9.17, 15) is 14.4 Å². The van der Waals surface area contributed by atoms with E-state index in [0.29, 0.717) is 6.42 Å². The van der Waals surface area contributed by atoms with Crippen molar-refractivity contribution in [3.63, 3.8) is 0 Å². The molecule has 9 heteroatoms. The Morgan fingerprint density at radius 1 is 0.880 bits per heavy atom. The third kappa shape index (κ3) is 25.3. The van der Waals surface area contributed by atoms with Crippen molar-refractivity contribution in [2.24, 2.45) is 0 Å². The molecule has 0 spiro atoms. The van der Waals surface area contributed by atoms with E-state index in [4.69, 9.17) is 4.74 Å². The number of unbranched alkanes of at least 4 members (excludes halogenated alkanes) is 8. The summed E-state index contributed by atoms with van der Waals surface area (Å²) in [6.07, 6.45) is 11.1. The van der Waals surface area contributed by atoms with Crippen LogP contribution in [0.25, 0.3) is 0 Å². The van der Waals surface area contributed by atoms with Gasteiger partial charge in [-0.25, -0.2) is 9.56 Å². The van der Waals surface area contributed by atoms with Gasteiger partial charge in [-0.05, 0) is 19.8 Å². The Labute approximate surface area is 238 Å². The number of ether oxygens (including phenoxy) is 1. The van der Waals surface area contributed by atoms with Gasteiger partial charge >= 0.3 is 103 Å². The van der Waals surface area contributed by atoms with Crippen molar-refractivity contribution in [3.8, 4) is 0 Å². The van der Waals surface area contributed by atoms with Crippen molar-refractivity contribution in [1.29, 1.82) is 0 Å². The molecule has 0 aromatic carbocycles. The summed E-state index contributed by atoms with van der Waals surface area (Å²) in [5, 5.41) is 0. The van der Waals surface area contributed by atoms with Crippen LogP contribution in [0.2, 0.25) is 0 Å². The van der Waals surface area contributed by atoms with E-state index in [1.165, 1.54) is 38.5 Å². The fraction of sp³-hybridized carbons (Fsp3) is 1.00. The molecule has 0 bridgehead atoms. The molecule has 0 fully saturated rings. The quantitative estimate of drug-likeness (QED) is 0.0692. The van der Waals surface area contributed by atoms with Gasteiger partial charge < -0.3 is 19.1 Å². The van der Waals surface area contributed by atoms with Crippen molar-refractivity contribution in [2.75, 3.05) is 0 Å². The van der Waals surface area contributed by atoms with Crippen LogP contribution >= 0.6 is 7.82 Å². The van der Waals surface area contributed by atoms with Crippen LogP contribution in [-0.2, 0) is 18.9 Å². The molecule has 0 aromatic heterocycles. The van der Waals surface area contributed by atoms with Gasteiger partial charge in [-0.15, -0.1) is 0 Å². The van der Waals surface area contributed by atoms with Crippen LogP contribution in [0.1, 0.15) is 91.4 Å². The average molecular weight is 431 g/mol. The van der Waals surface area contributed by atoms with Crippen LogP contribution in [0.15, 0.2) is 0 Å². The Morgan fingerprint density at radius 2 is 1.36 bits per heavy atom. The first-order chi connectivity index (χ1) is 10.9. The van der Waals surface area contributed by atoms with E-state index in [2.05, 4.69) is 16.5 Å². The summed E-state index contributed by atoms with van der Waals surface area (Å²) in [5.74, 6) is 0. The molecule has 0 amide bonds. The molecule has 0 aliphatic carbocycles. The van der Waals surface area contributed by atoms with Crippen LogP contribution in [0, 0.1) is 0 Å². The van der Waals surface area contributed by atoms with Gasteiger partial charge in [0.15, 0.2) is 6.29 Å². The molecule has 0 aromatic rings. The molecular weight excluding hydrogens is 397 g/mol. The molecule has 0 N–H and O–H groups in total. The second-order valence-corrected chi connectivity index (χ2v) is 7.06. The summed E-state index contributed by atoms with van der Waals surface area (Å²) in [6.45, 7) is 6.02. The second kappa shape index (κ2) is 22.0. The maximum atomic E-state index is 10.5. The Balaban J connectivity index is -0.00000242. The Bertz CT molecular complexity index is 317. The molecule has 0 aliphatic heterocycles. The van der Waals surface area contributed by atoms with Crippen LogP contribution in [0.4, 0.5) is 0 Å². The van der Waals surface area contributed by atoms with Gasteiger partial charge in [-0.3, -0.25) is 0 Å². The molecule has 25 heavy (non-hydrogen) atoms. The third-order valence-electron chi connectivity index (χ3n) is 3.74. The number of rotatable bonds is 16.